The molecule has 0 amide bonds. The number of phenolic OH excluding ortho intramolecular Hbond substituents is 2. The third-order valence-corrected chi connectivity index (χ3v) is 5.47. The maximum Gasteiger partial charge on any atom is 0.243 e. The van der Waals surface area contributed by atoms with E-state index in [1.165, 1.54) is 34.6 Å². The molecular formula is C16H19N3O4S. The molecule has 0 radical (unpaired) electrons. The second-order valence-corrected chi connectivity index (χ2v) is 6.87. The highest BCUT2D eigenvalue weighted by atomic mass is 32.2. The minimum atomic E-state index is -3.59. The number of sulfonamides is 1. The summed E-state index contributed by atoms with van der Waals surface area (Å²) >= 11 is 0. The molecule has 2 aromatic rings. The van der Waals surface area contributed by atoms with Gasteiger partial charge in [0.25, 0.3) is 0 Å². The lowest BCUT2D eigenvalue weighted by molar-refractivity contribution is 0.445. The maximum atomic E-state index is 12.5. The fourth-order valence-corrected chi connectivity index (χ4v) is 3.65. The van der Waals surface area contributed by atoms with Crippen molar-refractivity contribution >= 4 is 21.4 Å². The molecule has 0 unspecified atom stereocenters. The fraction of sp³-hybridized carbons (Fsp3) is 0.250. The van der Waals surface area contributed by atoms with Crippen LogP contribution in [0.3, 0.4) is 0 Å². The Balaban J connectivity index is 2.36. The summed E-state index contributed by atoms with van der Waals surface area (Å²) in [6, 6.07) is 10.3. The van der Waals surface area contributed by atoms with Crippen LogP contribution in [-0.2, 0) is 10.0 Å². The van der Waals surface area contributed by atoms with Crippen LogP contribution in [-0.4, -0.2) is 36.0 Å². The molecule has 8 heteroatoms. The van der Waals surface area contributed by atoms with Crippen molar-refractivity contribution in [1.29, 1.82) is 0 Å². The molecule has 24 heavy (non-hydrogen) atoms. The molecule has 0 aliphatic heterocycles. The second kappa shape index (κ2) is 7.41. The van der Waals surface area contributed by atoms with Crippen LogP contribution in [0, 0.1) is 0 Å². The number of benzene rings is 2. The average Bonchev–Trinajstić information content (AvgIpc) is 2.55. The molecule has 0 atom stereocenters. The van der Waals surface area contributed by atoms with Crippen LogP contribution in [0.15, 0.2) is 57.6 Å². The summed E-state index contributed by atoms with van der Waals surface area (Å²) in [5.41, 5.74) is 0.223. The Kier molecular flexibility index (Phi) is 5.53. The van der Waals surface area contributed by atoms with E-state index in [1.54, 1.807) is 26.0 Å². The van der Waals surface area contributed by atoms with Crippen LogP contribution in [0.25, 0.3) is 0 Å². The van der Waals surface area contributed by atoms with E-state index in [4.69, 9.17) is 0 Å². The molecule has 0 saturated heterocycles. The van der Waals surface area contributed by atoms with E-state index >= 15 is 0 Å². The Bertz CT molecular complexity index is 826. The third kappa shape index (κ3) is 3.72. The van der Waals surface area contributed by atoms with Gasteiger partial charge in [-0.3, -0.25) is 0 Å². The first-order valence-electron chi connectivity index (χ1n) is 7.43. The van der Waals surface area contributed by atoms with Crippen molar-refractivity contribution in [2.24, 2.45) is 10.2 Å². The van der Waals surface area contributed by atoms with Crippen molar-refractivity contribution in [1.82, 2.24) is 4.31 Å². The molecule has 0 fully saturated rings. The predicted molar refractivity (Wildman–Crippen MR) is 90.5 cm³/mol. The summed E-state index contributed by atoms with van der Waals surface area (Å²) in [7, 11) is -3.59. The fourth-order valence-electron chi connectivity index (χ4n) is 2.15. The molecule has 0 aliphatic carbocycles. The normalized spacial score (nSPS) is 12.1. The van der Waals surface area contributed by atoms with E-state index in [-0.39, 0.29) is 22.1 Å². The zero-order valence-electron chi connectivity index (χ0n) is 13.4. The van der Waals surface area contributed by atoms with Crippen LogP contribution < -0.4 is 0 Å². The van der Waals surface area contributed by atoms with Gasteiger partial charge in [0, 0.05) is 13.1 Å². The Morgan fingerprint density at radius 1 is 0.958 bits per heavy atom. The molecule has 0 spiro atoms. The quantitative estimate of drug-likeness (QED) is 0.778. The van der Waals surface area contributed by atoms with E-state index in [0.29, 0.717) is 18.8 Å². The van der Waals surface area contributed by atoms with Crippen LogP contribution >= 0.6 is 0 Å². The SMILES string of the molecule is CCN(CC)S(=O)(=O)c1cccc(N=Nc2c(O)cccc2O)c1. The number of aromatic hydroxyl groups is 2. The predicted octanol–water partition coefficient (Wildman–Crippen LogP) is 3.54. The van der Waals surface area contributed by atoms with Crippen LogP contribution in [0.4, 0.5) is 11.4 Å². The maximum absolute atomic E-state index is 12.5. The van der Waals surface area contributed by atoms with Crippen LogP contribution in [0.5, 0.6) is 11.5 Å². The zero-order valence-corrected chi connectivity index (χ0v) is 14.2. The minimum absolute atomic E-state index is 0.0745. The highest BCUT2D eigenvalue weighted by Crippen LogP contribution is 2.36. The van der Waals surface area contributed by atoms with Gasteiger partial charge in [-0.05, 0) is 30.3 Å². The lowest BCUT2D eigenvalue weighted by Crippen LogP contribution is -2.30. The zero-order chi connectivity index (χ0) is 17.7. The molecule has 0 aliphatic rings. The van der Waals surface area contributed by atoms with Crippen molar-refractivity contribution in [3.63, 3.8) is 0 Å². The van der Waals surface area contributed by atoms with Gasteiger partial charge in [0.1, 0.15) is 11.5 Å². The number of azo groups is 1. The van der Waals surface area contributed by atoms with Gasteiger partial charge in [0.2, 0.25) is 10.0 Å². The van der Waals surface area contributed by atoms with Crippen LogP contribution in [0.2, 0.25) is 0 Å². The number of hydrogen-bond donors (Lipinski definition) is 2. The standard InChI is InChI=1S/C16H19N3O4S/c1-3-19(4-2)24(22,23)13-8-5-7-12(11-13)17-18-16-14(20)9-6-10-15(16)21/h5-11,20-21H,3-4H2,1-2H3. The Morgan fingerprint density at radius 2 is 1.54 bits per heavy atom. The topological polar surface area (TPSA) is 103 Å². The van der Waals surface area contributed by atoms with Crippen molar-refractivity contribution < 1.29 is 18.6 Å². The monoisotopic (exact) mass is 349 g/mol. The van der Waals surface area contributed by atoms with Crippen molar-refractivity contribution in [3.05, 3.63) is 42.5 Å². The van der Waals surface area contributed by atoms with Gasteiger partial charge in [0.05, 0.1) is 10.6 Å². The highest BCUT2D eigenvalue weighted by Gasteiger charge is 2.21. The van der Waals surface area contributed by atoms with Crippen molar-refractivity contribution in [3.8, 4) is 11.5 Å². The molecular weight excluding hydrogens is 330 g/mol. The largest absolute Gasteiger partial charge is 0.505 e. The summed E-state index contributed by atoms with van der Waals surface area (Å²) in [5, 5.41) is 27.1. The van der Waals surface area contributed by atoms with Gasteiger partial charge >= 0.3 is 0 Å². The summed E-state index contributed by atoms with van der Waals surface area (Å²) < 4.78 is 26.4. The summed E-state index contributed by atoms with van der Waals surface area (Å²) in [4.78, 5) is 0.115. The lowest BCUT2D eigenvalue weighted by atomic mass is 10.3. The third-order valence-electron chi connectivity index (χ3n) is 3.42. The van der Waals surface area contributed by atoms with Crippen molar-refractivity contribution in [2.75, 3.05) is 13.1 Å². The van der Waals surface area contributed by atoms with Crippen molar-refractivity contribution in [2.45, 2.75) is 18.7 Å². The summed E-state index contributed by atoms with van der Waals surface area (Å²) in [6.07, 6.45) is 0. The smallest absolute Gasteiger partial charge is 0.243 e. The molecule has 128 valence electrons. The molecule has 7 nitrogen and oxygen atoms in total. The lowest BCUT2D eigenvalue weighted by Gasteiger charge is -2.18. The number of phenols is 2. The first kappa shape index (κ1) is 17.9. The molecule has 0 aromatic heterocycles. The van der Waals surface area contributed by atoms with E-state index in [9.17, 15) is 18.6 Å². The Hall–Kier alpha value is -2.45. The molecule has 0 heterocycles. The van der Waals surface area contributed by atoms with Gasteiger partial charge < -0.3 is 10.2 Å². The first-order valence-corrected chi connectivity index (χ1v) is 8.87. The molecule has 0 saturated carbocycles. The van der Waals surface area contributed by atoms with Gasteiger partial charge in [0.15, 0.2) is 5.69 Å². The van der Waals surface area contributed by atoms with Crippen LogP contribution in [0.1, 0.15) is 13.8 Å². The average molecular weight is 349 g/mol. The van der Waals surface area contributed by atoms with E-state index in [0.717, 1.165) is 0 Å². The Labute approximate surface area is 141 Å². The molecule has 0 bridgehead atoms. The van der Waals surface area contributed by atoms with Gasteiger partial charge in [-0.1, -0.05) is 26.0 Å². The number of nitrogens with zero attached hydrogens (tertiary/aromatic N) is 3. The minimum Gasteiger partial charge on any atom is -0.505 e. The van der Waals surface area contributed by atoms with E-state index < -0.39 is 10.0 Å². The molecule has 2 rings (SSSR count). The van der Waals surface area contributed by atoms with Gasteiger partial charge in [-0.15, -0.1) is 5.11 Å². The number of hydrogen-bond acceptors (Lipinski definition) is 6. The second-order valence-electron chi connectivity index (χ2n) is 4.93. The molecule has 2 aromatic carbocycles. The van der Waals surface area contributed by atoms with E-state index in [1.807, 2.05) is 0 Å². The first-order chi connectivity index (χ1) is 11.4. The summed E-state index contributed by atoms with van der Waals surface area (Å²) in [5.74, 6) is -0.434. The van der Waals surface area contributed by atoms with Gasteiger partial charge in [-0.25, -0.2) is 8.42 Å². The molecule has 2 N–H and O–H groups in total. The highest BCUT2D eigenvalue weighted by molar-refractivity contribution is 7.89. The number of rotatable bonds is 6. The Morgan fingerprint density at radius 3 is 2.12 bits per heavy atom. The van der Waals surface area contributed by atoms with E-state index in [2.05, 4.69) is 10.2 Å². The summed E-state index contributed by atoms with van der Waals surface area (Å²) in [6.45, 7) is 4.28. The van der Waals surface area contributed by atoms with Gasteiger partial charge in [-0.2, -0.15) is 9.42 Å².